The first kappa shape index (κ1) is 24.5. The van der Waals surface area contributed by atoms with E-state index in [0.29, 0.717) is 6.61 Å². The predicted molar refractivity (Wildman–Crippen MR) is 130 cm³/mol. The lowest BCUT2D eigenvalue weighted by Crippen LogP contribution is -2.38. The van der Waals surface area contributed by atoms with Crippen LogP contribution in [0.25, 0.3) is 10.2 Å². The number of rotatable bonds is 8. The van der Waals surface area contributed by atoms with Crippen molar-refractivity contribution in [2.24, 2.45) is 5.92 Å². The molecule has 4 rings (SSSR count). The van der Waals surface area contributed by atoms with Gasteiger partial charge in [-0.05, 0) is 49.6 Å². The van der Waals surface area contributed by atoms with Gasteiger partial charge in [0.2, 0.25) is 0 Å². The molecule has 5 nitrogen and oxygen atoms in total. The van der Waals surface area contributed by atoms with Gasteiger partial charge >= 0.3 is 0 Å². The summed E-state index contributed by atoms with van der Waals surface area (Å²) in [6.45, 7) is 4.71. The van der Waals surface area contributed by atoms with Crippen molar-refractivity contribution in [3.8, 4) is 11.5 Å². The van der Waals surface area contributed by atoms with Crippen LogP contribution in [0.3, 0.4) is 0 Å². The minimum Gasteiger partial charge on any atom is -0.493 e. The maximum Gasteiger partial charge on any atom is 0.186 e. The summed E-state index contributed by atoms with van der Waals surface area (Å²) in [5, 5.41) is 4.71. The molecule has 1 aromatic heterocycles. The minimum atomic E-state index is 0. The second-order valence-electron chi connectivity index (χ2n) is 7.10. The fraction of sp³-hybridized carbons (Fsp3) is 0.409. The standard InChI is InChI=1S/C22H27N3O2S.2ClH/c1-26-19-7-3-4-8-20(19)27-15-12-23-16-17-10-13-25(14-11-17)22-24-18-6-2-5-9-21(18)28-22;;/h2-9,17,23H,10-16H2,1H3;2*1H. The van der Waals surface area contributed by atoms with Crippen LogP contribution in [0.1, 0.15) is 12.8 Å². The third kappa shape index (κ3) is 6.14. The highest BCUT2D eigenvalue weighted by atomic mass is 35.5. The van der Waals surface area contributed by atoms with Crippen LogP contribution in [0, 0.1) is 5.92 Å². The molecule has 0 radical (unpaired) electrons. The van der Waals surface area contributed by atoms with Crippen LogP contribution in [0.5, 0.6) is 11.5 Å². The quantitative estimate of drug-likeness (QED) is 0.468. The highest BCUT2D eigenvalue weighted by Gasteiger charge is 2.21. The van der Waals surface area contributed by atoms with Gasteiger partial charge in [-0.25, -0.2) is 4.98 Å². The van der Waals surface area contributed by atoms with Crippen molar-refractivity contribution in [1.82, 2.24) is 10.3 Å². The highest BCUT2D eigenvalue weighted by molar-refractivity contribution is 7.22. The van der Waals surface area contributed by atoms with E-state index in [9.17, 15) is 0 Å². The van der Waals surface area contributed by atoms with E-state index in [0.717, 1.165) is 54.2 Å². The van der Waals surface area contributed by atoms with E-state index < -0.39 is 0 Å². The summed E-state index contributed by atoms with van der Waals surface area (Å²) in [5.74, 6) is 2.30. The van der Waals surface area contributed by atoms with Crippen LogP contribution in [0.15, 0.2) is 48.5 Å². The summed E-state index contributed by atoms with van der Waals surface area (Å²) in [5.41, 5.74) is 1.11. The monoisotopic (exact) mass is 469 g/mol. The van der Waals surface area contributed by atoms with Crippen molar-refractivity contribution in [2.45, 2.75) is 12.8 Å². The summed E-state index contributed by atoms with van der Waals surface area (Å²) >= 11 is 1.80. The topological polar surface area (TPSA) is 46.6 Å². The Morgan fingerprint density at radius 1 is 1.03 bits per heavy atom. The van der Waals surface area contributed by atoms with Crippen LogP contribution >= 0.6 is 36.2 Å². The lowest BCUT2D eigenvalue weighted by atomic mass is 9.97. The van der Waals surface area contributed by atoms with Gasteiger partial charge in [0.1, 0.15) is 6.61 Å². The number of hydrogen-bond donors (Lipinski definition) is 1. The maximum atomic E-state index is 5.82. The molecular weight excluding hydrogens is 441 g/mol. The third-order valence-electron chi connectivity index (χ3n) is 5.21. The van der Waals surface area contributed by atoms with Crippen molar-refractivity contribution in [3.63, 3.8) is 0 Å². The molecule has 1 saturated heterocycles. The minimum absolute atomic E-state index is 0. The lowest BCUT2D eigenvalue weighted by molar-refractivity contribution is 0.285. The van der Waals surface area contributed by atoms with Gasteiger partial charge in [0.05, 0.1) is 17.3 Å². The van der Waals surface area contributed by atoms with Crippen molar-refractivity contribution in [2.75, 3.05) is 44.8 Å². The number of nitrogens with zero attached hydrogens (tertiary/aromatic N) is 2. The normalized spacial score (nSPS) is 14.1. The molecule has 2 heterocycles. The predicted octanol–water partition coefficient (Wildman–Crippen LogP) is 5.03. The SMILES string of the molecule is COc1ccccc1OCCNCC1CCN(c2nc3ccccc3s2)CC1.Cl.Cl. The molecule has 3 aromatic rings. The Labute approximate surface area is 194 Å². The van der Waals surface area contributed by atoms with Gasteiger partial charge in [0.25, 0.3) is 0 Å². The second kappa shape index (κ2) is 12.2. The number of fused-ring (bicyclic) bond motifs is 1. The van der Waals surface area contributed by atoms with E-state index in [1.165, 1.54) is 17.5 Å². The molecule has 30 heavy (non-hydrogen) atoms. The molecule has 0 atom stereocenters. The average molecular weight is 470 g/mol. The Bertz CT molecular complexity index is 868. The number of thiazole rings is 1. The lowest BCUT2D eigenvalue weighted by Gasteiger charge is -2.31. The first-order chi connectivity index (χ1) is 13.8. The third-order valence-corrected chi connectivity index (χ3v) is 6.30. The van der Waals surface area contributed by atoms with Gasteiger partial charge in [-0.15, -0.1) is 24.8 Å². The molecule has 164 valence electrons. The van der Waals surface area contributed by atoms with Gasteiger partial charge in [-0.1, -0.05) is 35.6 Å². The molecule has 1 fully saturated rings. The summed E-state index contributed by atoms with van der Waals surface area (Å²) in [4.78, 5) is 7.23. The number of ether oxygens (including phenoxy) is 2. The fourth-order valence-electron chi connectivity index (χ4n) is 3.60. The summed E-state index contributed by atoms with van der Waals surface area (Å²) < 4.78 is 12.4. The molecule has 0 amide bonds. The van der Waals surface area contributed by atoms with Crippen molar-refractivity contribution >= 4 is 51.5 Å². The largest absolute Gasteiger partial charge is 0.493 e. The number of para-hydroxylation sites is 3. The molecule has 0 aliphatic carbocycles. The first-order valence-corrected chi connectivity index (χ1v) is 10.7. The summed E-state index contributed by atoms with van der Waals surface area (Å²) in [6.07, 6.45) is 2.41. The number of methoxy groups -OCH3 is 1. The fourth-order valence-corrected chi connectivity index (χ4v) is 4.62. The summed E-state index contributed by atoms with van der Waals surface area (Å²) in [6, 6.07) is 16.2. The van der Waals surface area contributed by atoms with E-state index >= 15 is 0 Å². The molecule has 0 bridgehead atoms. The van der Waals surface area contributed by atoms with Gasteiger partial charge < -0.3 is 19.7 Å². The van der Waals surface area contributed by atoms with Crippen molar-refractivity contribution in [1.29, 1.82) is 0 Å². The molecule has 2 aromatic carbocycles. The van der Waals surface area contributed by atoms with Crippen LogP contribution in [0.4, 0.5) is 5.13 Å². The van der Waals surface area contributed by atoms with Crippen LogP contribution in [-0.4, -0.2) is 44.9 Å². The number of hydrogen-bond acceptors (Lipinski definition) is 6. The first-order valence-electron chi connectivity index (χ1n) is 9.90. The second-order valence-corrected chi connectivity index (χ2v) is 8.11. The molecule has 0 saturated carbocycles. The number of benzene rings is 2. The van der Waals surface area contributed by atoms with E-state index in [1.807, 2.05) is 24.3 Å². The van der Waals surface area contributed by atoms with Gasteiger partial charge in [0.15, 0.2) is 16.6 Å². The molecule has 1 N–H and O–H groups in total. The number of halogens is 2. The highest BCUT2D eigenvalue weighted by Crippen LogP contribution is 2.31. The zero-order valence-corrected chi connectivity index (χ0v) is 19.5. The molecule has 0 unspecified atom stereocenters. The average Bonchev–Trinajstić information content (AvgIpc) is 3.18. The number of nitrogens with one attached hydrogen (secondary N) is 1. The zero-order chi connectivity index (χ0) is 19.2. The Kier molecular flexibility index (Phi) is 9.98. The van der Waals surface area contributed by atoms with Gasteiger partial charge in [-0.2, -0.15) is 0 Å². The Balaban J connectivity index is 0.00000160. The smallest absolute Gasteiger partial charge is 0.186 e. The van der Waals surface area contributed by atoms with Gasteiger partial charge in [0, 0.05) is 19.6 Å². The zero-order valence-electron chi connectivity index (χ0n) is 17.1. The number of anilines is 1. The van der Waals surface area contributed by atoms with Crippen molar-refractivity contribution < 1.29 is 9.47 Å². The maximum absolute atomic E-state index is 5.82. The van der Waals surface area contributed by atoms with Crippen molar-refractivity contribution in [3.05, 3.63) is 48.5 Å². The Hall–Kier alpha value is -1.73. The van der Waals surface area contributed by atoms with Gasteiger partial charge in [-0.3, -0.25) is 0 Å². The molecule has 1 aliphatic rings. The molecule has 0 spiro atoms. The van der Waals surface area contributed by atoms with Crippen LogP contribution < -0.4 is 19.7 Å². The summed E-state index contributed by atoms with van der Waals surface area (Å²) in [7, 11) is 1.67. The van der Waals surface area contributed by atoms with Crippen LogP contribution in [0.2, 0.25) is 0 Å². The molecule has 1 aliphatic heterocycles. The van der Waals surface area contributed by atoms with Crippen LogP contribution in [-0.2, 0) is 0 Å². The number of aromatic nitrogens is 1. The Morgan fingerprint density at radius 3 is 2.47 bits per heavy atom. The number of piperidine rings is 1. The Morgan fingerprint density at radius 2 is 1.73 bits per heavy atom. The molecule has 8 heteroatoms. The van der Waals surface area contributed by atoms with E-state index in [1.54, 1.807) is 18.4 Å². The van der Waals surface area contributed by atoms with E-state index in [-0.39, 0.29) is 24.8 Å². The van der Waals surface area contributed by atoms with E-state index in [2.05, 4.69) is 34.5 Å². The van der Waals surface area contributed by atoms with E-state index in [4.69, 9.17) is 14.5 Å². The molecular formula is C22H29Cl2N3O2S.